The predicted octanol–water partition coefficient (Wildman–Crippen LogP) is 6.33. The topological polar surface area (TPSA) is 69.1 Å². The number of fused-ring (bicyclic) bond motifs is 4. The summed E-state index contributed by atoms with van der Waals surface area (Å²) in [5.74, 6) is 1.80. The Morgan fingerprint density at radius 3 is 2.44 bits per heavy atom. The number of para-hydroxylation sites is 1. The number of nitrogens with zero attached hydrogens (tertiary/aromatic N) is 2. The van der Waals surface area contributed by atoms with Crippen LogP contribution in [-0.2, 0) is 5.75 Å². The maximum Gasteiger partial charge on any atom is 0.283 e. The number of benzene rings is 4. The highest BCUT2D eigenvalue weighted by molar-refractivity contribution is 7.98. The summed E-state index contributed by atoms with van der Waals surface area (Å²) in [5.41, 5.74) is 3.71. The molecule has 36 heavy (non-hydrogen) atoms. The molecule has 6 aromatic rings. The molecule has 2 aromatic heterocycles. The van der Waals surface area contributed by atoms with Crippen LogP contribution in [0, 0.1) is 0 Å². The first-order valence-corrected chi connectivity index (χ1v) is 12.5. The van der Waals surface area contributed by atoms with E-state index in [1.807, 2.05) is 42.5 Å². The molecule has 1 N–H and O–H groups in total. The maximum absolute atomic E-state index is 13.9. The van der Waals surface area contributed by atoms with Gasteiger partial charge in [0.15, 0.2) is 16.7 Å². The van der Waals surface area contributed by atoms with Crippen LogP contribution < -0.4 is 15.0 Å². The minimum Gasteiger partial charge on any atom is -0.493 e. The van der Waals surface area contributed by atoms with Gasteiger partial charge in [0.2, 0.25) is 0 Å². The zero-order valence-electron chi connectivity index (χ0n) is 19.8. The van der Waals surface area contributed by atoms with Crippen LogP contribution in [0.3, 0.4) is 0 Å². The zero-order chi connectivity index (χ0) is 24.6. The molecule has 6 nitrogen and oxygen atoms in total. The van der Waals surface area contributed by atoms with Crippen LogP contribution >= 0.6 is 11.8 Å². The van der Waals surface area contributed by atoms with Crippen molar-refractivity contribution >= 4 is 44.5 Å². The minimum absolute atomic E-state index is 0.163. The quantitative estimate of drug-likeness (QED) is 0.217. The third kappa shape index (κ3) is 3.69. The van der Waals surface area contributed by atoms with Gasteiger partial charge in [0.1, 0.15) is 11.0 Å². The largest absolute Gasteiger partial charge is 0.493 e. The Hall–Kier alpha value is -4.23. The number of hydrogen-bond donors (Lipinski definition) is 1. The number of thioether (sulfide) groups is 1. The van der Waals surface area contributed by atoms with Crippen molar-refractivity contribution in [3.8, 4) is 17.2 Å². The van der Waals surface area contributed by atoms with E-state index in [0.29, 0.717) is 39.1 Å². The lowest BCUT2D eigenvalue weighted by atomic mass is 10.1. The lowest BCUT2D eigenvalue weighted by Crippen LogP contribution is -2.22. The molecule has 0 amide bonds. The molecule has 7 heteroatoms. The van der Waals surface area contributed by atoms with E-state index in [1.54, 1.807) is 42.7 Å². The summed E-state index contributed by atoms with van der Waals surface area (Å²) in [4.78, 5) is 22.2. The average Bonchev–Trinajstić information content (AvgIpc) is 3.30. The second-order valence-electron chi connectivity index (χ2n) is 8.40. The Labute approximate surface area is 211 Å². The highest BCUT2D eigenvalue weighted by atomic mass is 32.2. The Morgan fingerprint density at radius 1 is 0.861 bits per heavy atom. The monoisotopic (exact) mass is 493 g/mol. The SMILES string of the molecule is COc1ccc(-n2c(SCc3cccc4ccccc34)nc3c([nH]c4ccccc43)c2=O)cc1OC. The van der Waals surface area contributed by atoms with Crippen LogP contribution in [0.1, 0.15) is 5.56 Å². The van der Waals surface area contributed by atoms with E-state index in [-0.39, 0.29) is 5.56 Å². The highest BCUT2D eigenvalue weighted by Gasteiger charge is 2.19. The van der Waals surface area contributed by atoms with Gasteiger partial charge in [0, 0.05) is 22.7 Å². The van der Waals surface area contributed by atoms with Gasteiger partial charge in [-0.05, 0) is 34.5 Å². The van der Waals surface area contributed by atoms with E-state index >= 15 is 0 Å². The Kier molecular flexibility index (Phi) is 5.62. The Balaban J connectivity index is 1.55. The minimum atomic E-state index is -0.163. The summed E-state index contributed by atoms with van der Waals surface area (Å²) in [6, 6.07) is 27.9. The zero-order valence-corrected chi connectivity index (χ0v) is 20.6. The van der Waals surface area contributed by atoms with Crippen molar-refractivity contribution in [3.63, 3.8) is 0 Å². The molecule has 0 saturated carbocycles. The summed E-state index contributed by atoms with van der Waals surface area (Å²) in [7, 11) is 3.17. The smallest absolute Gasteiger partial charge is 0.283 e. The molecule has 0 radical (unpaired) electrons. The number of ether oxygens (including phenoxy) is 2. The number of H-pyrrole nitrogens is 1. The molecule has 0 aliphatic heterocycles. The third-order valence-corrected chi connectivity index (χ3v) is 7.34. The number of hydrogen-bond acceptors (Lipinski definition) is 5. The van der Waals surface area contributed by atoms with Crippen molar-refractivity contribution in [3.05, 3.63) is 101 Å². The molecule has 6 rings (SSSR count). The van der Waals surface area contributed by atoms with Crippen LogP contribution in [-0.4, -0.2) is 28.8 Å². The van der Waals surface area contributed by atoms with Gasteiger partial charge in [-0.3, -0.25) is 9.36 Å². The third-order valence-electron chi connectivity index (χ3n) is 6.36. The first kappa shape index (κ1) is 22.2. The molecule has 0 unspecified atom stereocenters. The van der Waals surface area contributed by atoms with E-state index in [1.165, 1.54) is 16.3 Å². The van der Waals surface area contributed by atoms with Gasteiger partial charge < -0.3 is 14.5 Å². The number of aromatic nitrogens is 3. The summed E-state index contributed by atoms with van der Waals surface area (Å²) >= 11 is 1.54. The first-order valence-electron chi connectivity index (χ1n) is 11.5. The molecule has 4 aromatic carbocycles. The second-order valence-corrected chi connectivity index (χ2v) is 9.34. The highest BCUT2D eigenvalue weighted by Crippen LogP contribution is 2.33. The number of methoxy groups -OCH3 is 2. The second kappa shape index (κ2) is 9.09. The summed E-state index contributed by atoms with van der Waals surface area (Å²) < 4.78 is 12.6. The fourth-order valence-corrected chi connectivity index (χ4v) is 5.60. The molecule has 0 atom stereocenters. The van der Waals surface area contributed by atoms with E-state index in [4.69, 9.17) is 14.5 Å². The molecule has 2 heterocycles. The van der Waals surface area contributed by atoms with Gasteiger partial charge in [-0.1, -0.05) is 72.4 Å². The fraction of sp³-hybridized carbons (Fsp3) is 0.103. The van der Waals surface area contributed by atoms with Gasteiger partial charge in [-0.2, -0.15) is 0 Å². The number of aromatic amines is 1. The lowest BCUT2D eigenvalue weighted by molar-refractivity contribution is 0.354. The van der Waals surface area contributed by atoms with Crippen LogP contribution in [0.25, 0.3) is 38.4 Å². The van der Waals surface area contributed by atoms with Crippen molar-refractivity contribution < 1.29 is 9.47 Å². The van der Waals surface area contributed by atoms with Gasteiger partial charge in [0.05, 0.1) is 19.9 Å². The van der Waals surface area contributed by atoms with Crippen LogP contribution in [0.2, 0.25) is 0 Å². The molecule has 178 valence electrons. The summed E-state index contributed by atoms with van der Waals surface area (Å²) in [6.45, 7) is 0. The molecular weight excluding hydrogens is 470 g/mol. The summed E-state index contributed by atoms with van der Waals surface area (Å²) in [6.07, 6.45) is 0. The molecule has 0 aliphatic rings. The van der Waals surface area contributed by atoms with Crippen molar-refractivity contribution in [2.45, 2.75) is 10.9 Å². The first-order chi connectivity index (χ1) is 17.7. The molecular formula is C29H23N3O3S. The van der Waals surface area contributed by atoms with Crippen molar-refractivity contribution in [1.29, 1.82) is 0 Å². The Morgan fingerprint density at radius 2 is 1.61 bits per heavy atom. The molecule has 0 spiro atoms. The van der Waals surface area contributed by atoms with Gasteiger partial charge in [-0.25, -0.2) is 4.98 Å². The van der Waals surface area contributed by atoms with Crippen LogP contribution in [0.4, 0.5) is 0 Å². The standard InChI is InChI=1S/C29H23N3O3S/c1-34-24-15-14-20(16-25(24)35-2)32-28(33)27-26(22-12-5-6-13-23(22)30-27)31-29(32)36-17-19-10-7-9-18-8-3-4-11-21(18)19/h3-16,30H,17H2,1-2H3. The van der Waals surface area contributed by atoms with Crippen molar-refractivity contribution in [2.24, 2.45) is 0 Å². The number of rotatable bonds is 6. The van der Waals surface area contributed by atoms with E-state index in [2.05, 4.69) is 35.3 Å². The predicted molar refractivity (Wildman–Crippen MR) is 146 cm³/mol. The maximum atomic E-state index is 13.9. The number of nitrogens with one attached hydrogen (secondary N) is 1. The molecule has 0 bridgehead atoms. The normalized spacial score (nSPS) is 11.4. The molecule has 0 saturated heterocycles. The fourth-order valence-electron chi connectivity index (χ4n) is 4.59. The van der Waals surface area contributed by atoms with E-state index in [9.17, 15) is 4.79 Å². The lowest BCUT2D eigenvalue weighted by Gasteiger charge is -2.15. The van der Waals surface area contributed by atoms with Crippen molar-refractivity contribution in [1.82, 2.24) is 14.5 Å². The Bertz CT molecular complexity index is 1800. The van der Waals surface area contributed by atoms with Crippen LogP contribution in [0.5, 0.6) is 11.5 Å². The van der Waals surface area contributed by atoms with Gasteiger partial charge in [0.25, 0.3) is 5.56 Å². The van der Waals surface area contributed by atoms with Gasteiger partial charge in [-0.15, -0.1) is 0 Å². The van der Waals surface area contributed by atoms with E-state index < -0.39 is 0 Å². The van der Waals surface area contributed by atoms with Crippen molar-refractivity contribution in [2.75, 3.05) is 14.2 Å². The summed E-state index contributed by atoms with van der Waals surface area (Å²) in [5, 5.41) is 3.92. The van der Waals surface area contributed by atoms with Gasteiger partial charge >= 0.3 is 0 Å². The molecule has 0 fully saturated rings. The van der Waals surface area contributed by atoms with Crippen LogP contribution in [0.15, 0.2) is 94.9 Å². The molecule has 0 aliphatic carbocycles. The van der Waals surface area contributed by atoms with E-state index in [0.717, 1.165) is 10.9 Å². The average molecular weight is 494 g/mol.